The van der Waals surface area contributed by atoms with E-state index in [1.807, 2.05) is 21.7 Å². The van der Waals surface area contributed by atoms with Crippen LogP contribution in [0.2, 0.25) is 0 Å². The number of urea groups is 1. The van der Waals surface area contributed by atoms with Gasteiger partial charge in [-0.2, -0.15) is 0 Å². The van der Waals surface area contributed by atoms with Gasteiger partial charge in [-0.25, -0.2) is 4.79 Å². The first-order chi connectivity index (χ1) is 10.0. The van der Waals surface area contributed by atoms with Crippen LogP contribution in [-0.4, -0.2) is 90.3 Å². The summed E-state index contributed by atoms with van der Waals surface area (Å²) in [7, 11) is 1.85. The molecule has 2 heterocycles. The minimum absolute atomic E-state index is 0.0459. The summed E-state index contributed by atoms with van der Waals surface area (Å²) in [6, 6.07) is -0.192. The molecule has 2 rings (SSSR count). The van der Waals surface area contributed by atoms with Gasteiger partial charge in [0, 0.05) is 52.5 Å². The van der Waals surface area contributed by atoms with Crippen LogP contribution < -0.4 is 0 Å². The van der Waals surface area contributed by atoms with Crippen molar-refractivity contribution in [3.63, 3.8) is 0 Å². The Labute approximate surface area is 125 Å². The lowest BCUT2D eigenvalue weighted by atomic mass is 10.1. The van der Waals surface area contributed by atoms with Gasteiger partial charge in [0.15, 0.2) is 0 Å². The molecule has 1 N–H and O–H groups in total. The summed E-state index contributed by atoms with van der Waals surface area (Å²) in [6.07, 6.45) is 1.77. The van der Waals surface area contributed by atoms with Crippen LogP contribution in [-0.2, 0) is 9.53 Å². The SMILES string of the molecule is CC(C(=O)O)N1CCN(C(=O)N(C)C2CCOCC2)CC1. The van der Waals surface area contributed by atoms with Crippen molar-refractivity contribution in [3.8, 4) is 0 Å². The van der Waals surface area contributed by atoms with Crippen LogP contribution in [0.25, 0.3) is 0 Å². The Bertz CT molecular complexity index is 376. The third kappa shape index (κ3) is 3.85. The van der Waals surface area contributed by atoms with Crippen molar-refractivity contribution in [1.29, 1.82) is 0 Å². The van der Waals surface area contributed by atoms with Crippen molar-refractivity contribution in [1.82, 2.24) is 14.7 Å². The average molecular weight is 299 g/mol. The second-order valence-electron chi connectivity index (χ2n) is 5.77. The third-order valence-electron chi connectivity index (χ3n) is 4.53. The molecular weight excluding hydrogens is 274 g/mol. The van der Waals surface area contributed by atoms with E-state index in [0.29, 0.717) is 39.4 Å². The summed E-state index contributed by atoms with van der Waals surface area (Å²) in [5.74, 6) is -0.811. The van der Waals surface area contributed by atoms with Gasteiger partial charge in [-0.1, -0.05) is 0 Å². The third-order valence-corrected chi connectivity index (χ3v) is 4.53. The van der Waals surface area contributed by atoms with E-state index in [2.05, 4.69) is 0 Å². The molecule has 0 saturated carbocycles. The number of hydrogen-bond donors (Lipinski definition) is 1. The highest BCUT2D eigenvalue weighted by Gasteiger charge is 2.30. The fourth-order valence-corrected chi connectivity index (χ4v) is 2.91. The van der Waals surface area contributed by atoms with Crippen LogP contribution in [0.15, 0.2) is 0 Å². The molecule has 0 aromatic carbocycles. The number of amides is 2. The minimum Gasteiger partial charge on any atom is -0.480 e. The maximum Gasteiger partial charge on any atom is 0.320 e. The van der Waals surface area contributed by atoms with Crippen LogP contribution in [0.3, 0.4) is 0 Å². The highest BCUT2D eigenvalue weighted by atomic mass is 16.5. The van der Waals surface area contributed by atoms with Gasteiger partial charge in [0.05, 0.1) is 0 Å². The number of carbonyl (C=O) groups excluding carboxylic acids is 1. The van der Waals surface area contributed by atoms with Gasteiger partial charge >= 0.3 is 12.0 Å². The smallest absolute Gasteiger partial charge is 0.320 e. The molecule has 7 heteroatoms. The van der Waals surface area contributed by atoms with Crippen LogP contribution in [0, 0.1) is 0 Å². The molecule has 2 aliphatic heterocycles. The number of hydrogen-bond acceptors (Lipinski definition) is 4. The lowest BCUT2D eigenvalue weighted by Gasteiger charge is -2.40. The highest BCUT2D eigenvalue weighted by molar-refractivity contribution is 5.75. The summed E-state index contributed by atoms with van der Waals surface area (Å²) >= 11 is 0. The van der Waals surface area contributed by atoms with Crippen LogP contribution in [0.4, 0.5) is 4.79 Å². The van der Waals surface area contributed by atoms with E-state index in [4.69, 9.17) is 9.84 Å². The summed E-state index contributed by atoms with van der Waals surface area (Å²) in [4.78, 5) is 29.0. The van der Waals surface area contributed by atoms with Gasteiger partial charge in [0.2, 0.25) is 0 Å². The molecule has 0 aliphatic carbocycles. The molecule has 120 valence electrons. The van der Waals surface area contributed by atoms with Gasteiger partial charge in [-0.15, -0.1) is 0 Å². The molecular formula is C14H25N3O4. The monoisotopic (exact) mass is 299 g/mol. The average Bonchev–Trinajstić information content (AvgIpc) is 2.53. The number of carboxylic acid groups (broad SMARTS) is 1. The van der Waals surface area contributed by atoms with E-state index in [1.165, 1.54) is 0 Å². The Morgan fingerprint density at radius 1 is 1.19 bits per heavy atom. The number of piperazine rings is 1. The van der Waals surface area contributed by atoms with Gasteiger partial charge in [0.25, 0.3) is 0 Å². The van der Waals surface area contributed by atoms with Gasteiger partial charge in [0.1, 0.15) is 6.04 Å². The molecule has 0 radical (unpaired) electrons. The van der Waals surface area contributed by atoms with Gasteiger partial charge in [-0.05, 0) is 19.8 Å². The van der Waals surface area contributed by atoms with Crippen LogP contribution >= 0.6 is 0 Å². The molecule has 7 nitrogen and oxygen atoms in total. The lowest BCUT2D eigenvalue weighted by Crippen LogP contribution is -2.56. The van der Waals surface area contributed by atoms with Crippen molar-refractivity contribution in [3.05, 3.63) is 0 Å². The summed E-state index contributed by atoms with van der Waals surface area (Å²) in [6.45, 7) is 5.52. The van der Waals surface area contributed by atoms with E-state index in [9.17, 15) is 9.59 Å². The van der Waals surface area contributed by atoms with Crippen molar-refractivity contribution in [2.45, 2.75) is 31.8 Å². The first-order valence-electron chi connectivity index (χ1n) is 7.57. The summed E-state index contributed by atoms with van der Waals surface area (Å²) < 4.78 is 5.32. The molecule has 0 spiro atoms. The number of rotatable bonds is 3. The van der Waals surface area contributed by atoms with Crippen molar-refractivity contribution in [2.24, 2.45) is 0 Å². The molecule has 2 saturated heterocycles. The minimum atomic E-state index is -0.811. The Kier molecular flexibility index (Phi) is 5.41. The molecule has 1 unspecified atom stereocenters. The maximum atomic E-state index is 12.5. The molecule has 2 fully saturated rings. The fraction of sp³-hybridized carbons (Fsp3) is 0.857. The molecule has 0 bridgehead atoms. The number of carbonyl (C=O) groups is 2. The summed E-state index contributed by atoms with van der Waals surface area (Å²) in [5.41, 5.74) is 0. The van der Waals surface area contributed by atoms with E-state index in [1.54, 1.807) is 6.92 Å². The topological polar surface area (TPSA) is 73.3 Å². The lowest BCUT2D eigenvalue weighted by molar-refractivity contribution is -0.143. The quantitative estimate of drug-likeness (QED) is 0.812. The second kappa shape index (κ2) is 7.09. The summed E-state index contributed by atoms with van der Waals surface area (Å²) in [5, 5.41) is 9.03. The zero-order valence-corrected chi connectivity index (χ0v) is 12.8. The molecule has 2 aliphatic rings. The number of aliphatic carboxylic acids is 1. The van der Waals surface area contributed by atoms with Crippen LogP contribution in [0.1, 0.15) is 19.8 Å². The van der Waals surface area contributed by atoms with Crippen molar-refractivity contribution < 1.29 is 19.4 Å². The molecule has 2 amide bonds. The van der Waals surface area contributed by atoms with Crippen molar-refractivity contribution >= 4 is 12.0 Å². The van der Waals surface area contributed by atoms with Crippen LogP contribution in [0.5, 0.6) is 0 Å². The zero-order chi connectivity index (χ0) is 15.4. The van der Waals surface area contributed by atoms with E-state index in [-0.39, 0.29) is 12.1 Å². The predicted molar refractivity (Wildman–Crippen MR) is 77.2 cm³/mol. The highest BCUT2D eigenvalue weighted by Crippen LogP contribution is 2.16. The molecule has 21 heavy (non-hydrogen) atoms. The van der Waals surface area contributed by atoms with Crippen molar-refractivity contribution in [2.75, 3.05) is 46.4 Å². The zero-order valence-electron chi connectivity index (χ0n) is 12.8. The Morgan fingerprint density at radius 3 is 2.29 bits per heavy atom. The van der Waals surface area contributed by atoms with E-state index in [0.717, 1.165) is 12.8 Å². The maximum absolute atomic E-state index is 12.5. The Morgan fingerprint density at radius 2 is 1.76 bits per heavy atom. The standard InChI is InChI=1S/C14H25N3O4/c1-11(13(18)19)16-5-7-17(8-6-16)14(20)15(2)12-3-9-21-10-4-12/h11-12H,3-10H2,1-2H3,(H,18,19). The van der Waals surface area contributed by atoms with E-state index >= 15 is 0 Å². The van der Waals surface area contributed by atoms with Gasteiger partial charge < -0.3 is 19.6 Å². The Balaban J connectivity index is 1.83. The second-order valence-corrected chi connectivity index (χ2v) is 5.77. The number of ether oxygens (including phenoxy) is 1. The van der Waals surface area contributed by atoms with E-state index < -0.39 is 12.0 Å². The first-order valence-corrected chi connectivity index (χ1v) is 7.57. The number of nitrogens with zero attached hydrogens (tertiary/aromatic N) is 3. The first kappa shape index (κ1) is 16.0. The molecule has 0 aromatic heterocycles. The molecule has 0 aromatic rings. The fourth-order valence-electron chi connectivity index (χ4n) is 2.91. The predicted octanol–water partition coefficient (Wildman–Crippen LogP) is 0.308. The normalized spacial score (nSPS) is 22.9. The number of carboxylic acids is 1. The largest absolute Gasteiger partial charge is 0.480 e. The Hall–Kier alpha value is -1.34. The van der Waals surface area contributed by atoms with Gasteiger partial charge in [-0.3, -0.25) is 9.69 Å². The molecule has 1 atom stereocenters.